The number of anilines is 1. The molecule has 0 bridgehead atoms. The van der Waals surface area contributed by atoms with E-state index < -0.39 is 5.97 Å². The highest BCUT2D eigenvalue weighted by atomic mass is 19.1. The third-order valence-electron chi connectivity index (χ3n) is 2.80. The van der Waals surface area contributed by atoms with Crippen molar-refractivity contribution in [2.75, 3.05) is 12.3 Å². The SMILES string of the molecule is CCOc1ccc(C(=O)OCc2cccc(F)c2)cc1N. The molecule has 0 fully saturated rings. The van der Waals surface area contributed by atoms with Crippen LogP contribution in [0.4, 0.5) is 10.1 Å². The van der Waals surface area contributed by atoms with Gasteiger partial charge in [-0.2, -0.15) is 0 Å². The normalized spacial score (nSPS) is 10.2. The van der Waals surface area contributed by atoms with E-state index >= 15 is 0 Å². The Morgan fingerprint density at radius 3 is 2.71 bits per heavy atom. The molecule has 5 heteroatoms. The van der Waals surface area contributed by atoms with E-state index in [1.54, 1.807) is 24.3 Å². The molecule has 0 amide bonds. The molecule has 0 unspecified atom stereocenters. The number of carbonyl (C=O) groups excluding carboxylic acids is 1. The minimum absolute atomic E-state index is 0.00368. The number of ether oxygens (including phenoxy) is 2. The van der Waals surface area contributed by atoms with Crippen LogP contribution in [0.25, 0.3) is 0 Å². The molecule has 0 atom stereocenters. The van der Waals surface area contributed by atoms with Gasteiger partial charge in [-0.3, -0.25) is 0 Å². The fourth-order valence-corrected chi connectivity index (χ4v) is 1.82. The molecule has 0 aromatic heterocycles. The van der Waals surface area contributed by atoms with Crippen LogP contribution in [-0.4, -0.2) is 12.6 Å². The fraction of sp³-hybridized carbons (Fsp3) is 0.188. The summed E-state index contributed by atoms with van der Waals surface area (Å²) in [6.45, 7) is 2.35. The van der Waals surface area contributed by atoms with E-state index in [1.807, 2.05) is 6.92 Å². The molecule has 0 saturated carbocycles. The van der Waals surface area contributed by atoms with Crippen LogP contribution in [0.3, 0.4) is 0 Å². The Balaban J connectivity index is 2.02. The summed E-state index contributed by atoms with van der Waals surface area (Å²) in [4.78, 5) is 11.9. The number of esters is 1. The highest BCUT2D eigenvalue weighted by molar-refractivity contribution is 5.91. The van der Waals surface area contributed by atoms with Crippen LogP contribution in [0.15, 0.2) is 42.5 Å². The summed E-state index contributed by atoms with van der Waals surface area (Å²) in [6, 6.07) is 10.6. The number of hydrogen-bond acceptors (Lipinski definition) is 4. The van der Waals surface area contributed by atoms with Gasteiger partial charge in [0.2, 0.25) is 0 Å². The zero-order valence-electron chi connectivity index (χ0n) is 11.6. The van der Waals surface area contributed by atoms with Gasteiger partial charge in [0.1, 0.15) is 18.2 Å². The summed E-state index contributed by atoms with van der Waals surface area (Å²) in [7, 11) is 0. The first kappa shape index (κ1) is 14.8. The highest BCUT2D eigenvalue weighted by Gasteiger charge is 2.10. The number of nitrogen functional groups attached to an aromatic ring is 1. The van der Waals surface area contributed by atoms with Gasteiger partial charge in [0.15, 0.2) is 0 Å². The lowest BCUT2D eigenvalue weighted by molar-refractivity contribution is 0.0472. The fourth-order valence-electron chi connectivity index (χ4n) is 1.82. The summed E-state index contributed by atoms with van der Waals surface area (Å²) in [5, 5.41) is 0. The Bertz CT molecular complexity index is 643. The molecule has 0 radical (unpaired) electrons. The van der Waals surface area contributed by atoms with Crippen LogP contribution in [0.1, 0.15) is 22.8 Å². The van der Waals surface area contributed by atoms with Crippen molar-refractivity contribution in [3.63, 3.8) is 0 Å². The van der Waals surface area contributed by atoms with Crippen molar-refractivity contribution in [2.45, 2.75) is 13.5 Å². The Morgan fingerprint density at radius 2 is 2.05 bits per heavy atom. The minimum atomic E-state index is -0.519. The number of nitrogens with two attached hydrogens (primary N) is 1. The van der Waals surface area contributed by atoms with Gasteiger partial charge in [-0.1, -0.05) is 12.1 Å². The predicted octanol–water partition coefficient (Wildman–Crippen LogP) is 3.16. The molecule has 2 rings (SSSR count). The molecule has 0 heterocycles. The second-order valence-electron chi connectivity index (χ2n) is 4.39. The molecule has 110 valence electrons. The van der Waals surface area contributed by atoms with Gasteiger partial charge in [0.25, 0.3) is 0 Å². The zero-order chi connectivity index (χ0) is 15.2. The van der Waals surface area contributed by atoms with E-state index in [0.717, 1.165) is 0 Å². The van der Waals surface area contributed by atoms with Crippen molar-refractivity contribution >= 4 is 11.7 Å². The quantitative estimate of drug-likeness (QED) is 0.678. The van der Waals surface area contributed by atoms with Crippen LogP contribution >= 0.6 is 0 Å². The van der Waals surface area contributed by atoms with E-state index in [0.29, 0.717) is 29.2 Å². The second kappa shape index (κ2) is 6.74. The smallest absolute Gasteiger partial charge is 0.338 e. The van der Waals surface area contributed by atoms with Crippen molar-refractivity contribution in [3.8, 4) is 5.75 Å². The lowest BCUT2D eigenvalue weighted by atomic mass is 10.2. The standard InChI is InChI=1S/C16H16FNO3/c1-2-20-15-7-6-12(9-14(15)18)16(19)21-10-11-4-3-5-13(17)8-11/h3-9H,2,10,18H2,1H3. The minimum Gasteiger partial charge on any atom is -0.492 e. The molecule has 0 aliphatic heterocycles. The van der Waals surface area contributed by atoms with Gasteiger partial charge >= 0.3 is 5.97 Å². The molecule has 2 N–H and O–H groups in total. The van der Waals surface area contributed by atoms with E-state index in [1.165, 1.54) is 18.2 Å². The Labute approximate surface area is 122 Å². The lowest BCUT2D eigenvalue weighted by Gasteiger charge is -2.09. The maximum Gasteiger partial charge on any atom is 0.338 e. The first-order chi connectivity index (χ1) is 10.1. The van der Waals surface area contributed by atoms with E-state index in [9.17, 15) is 9.18 Å². The van der Waals surface area contributed by atoms with Crippen LogP contribution < -0.4 is 10.5 Å². The van der Waals surface area contributed by atoms with Crippen LogP contribution in [-0.2, 0) is 11.3 Å². The molecule has 0 aliphatic carbocycles. The van der Waals surface area contributed by atoms with Crippen molar-refractivity contribution in [1.82, 2.24) is 0 Å². The van der Waals surface area contributed by atoms with Gasteiger partial charge in [-0.25, -0.2) is 9.18 Å². The largest absolute Gasteiger partial charge is 0.492 e. The molecule has 0 aliphatic rings. The first-order valence-electron chi connectivity index (χ1n) is 6.54. The molecule has 21 heavy (non-hydrogen) atoms. The Hall–Kier alpha value is -2.56. The van der Waals surface area contributed by atoms with Gasteiger partial charge < -0.3 is 15.2 Å². The maximum atomic E-state index is 13.0. The number of benzene rings is 2. The van der Waals surface area contributed by atoms with Gasteiger partial charge in [0.05, 0.1) is 17.9 Å². The number of carbonyl (C=O) groups is 1. The molecule has 0 saturated heterocycles. The average molecular weight is 289 g/mol. The Morgan fingerprint density at radius 1 is 1.24 bits per heavy atom. The first-order valence-corrected chi connectivity index (χ1v) is 6.54. The zero-order valence-corrected chi connectivity index (χ0v) is 11.6. The molecule has 0 spiro atoms. The van der Waals surface area contributed by atoms with E-state index in [4.69, 9.17) is 15.2 Å². The van der Waals surface area contributed by atoms with Gasteiger partial charge in [-0.15, -0.1) is 0 Å². The summed E-state index contributed by atoms with van der Waals surface area (Å²) in [5.41, 5.74) is 7.07. The van der Waals surface area contributed by atoms with E-state index in [2.05, 4.69) is 0 Å². The van der Waals surface area contributed by atoms with Crippen molar-refractivity contribution in [2.24, 2.45) is 0 Å². The summed E-state index contributed by atoms with van der Waals surface area (Å²) in [6.07, 6.45) is 0. The monoisotopic (exact) mass is 289 g/mol. The average Bonchev–Trinajstić information content (AvgIpc) is 2.47. The molecule has 2 aromatic carbocycles. The predicted molar refractivity (Wildman–Crippen MR) is 77.5 cm³/mol. The Kier molecular flexibility index (Phi) is 4.77. The molecular weight excluding hydrogens is 273 g/mol. The summed E-state index contributed by atoms with van der Waals surface area (Å²) in [5.74, 6) is -0.359. The van der Waals surface area contributed by atoms with Crippen molar-refractivity contribution in [1.29, 1.82) is 0 Å². The van der Waals surface area contributed by atoms with E-state index in [-0.39, 0.29) is 12.4 Å². The van der Waals surface area contributed by atoms with Gasteiger partial charge in [-0.05, 0) is 42.8 Å². The molecular formula is C16H16FNO3. The summed E-state index contributed by atoms with van der Waals surface area (Å²) < 4.78 is 23.4. The van der Waals surface area contributed by atoms with Crippen molar-refractivity contribution < 1.29 is 18.7 Å². The number of hydrogen-bond donors (Lipinski definition) is 1. The molecule has 2 aromatic rings. The number of halogens is 1. The lowest BCUT2D eigenvalue weighted by Crippen LogP contribution is -2.07. The second-order valence-corrected chi connectivity index (χ2v) is 4.39. The van der Waals surface area contributed by atoms with Crippen LogP contribution in [0.2, 0.25) is 0 Å². The molecule has 4 nitrogen and oxygen atoms in total. The van der Waals surface area contributed by atoms with Gasteiger partial charge in [0, 0.05) is 0 Å². The summed E-state index contributed by atoms with van der Waals surface area (Å²) >= 11 is 0. The van der Waals surface area contributed by atoms with Crippen molar-refractivity contribution in [3.05, 3.63) is 59.4 Å². The van der Waals surface area contributed by atoms with Crippen LogP contribution in [0.5, 0.6) is 5.75 Å². The topological polar surface area (TPSA) is 61.5 Å². The van der Waals surface area contributed by atoms with Crippen LogP contribution in [0, 0.1) is 5.82 Å². The number of rotatable bonds is 5. The third-order valence-corrected chi connectivity index (χ3v) is 2.80. The highest BCUT2D eigenvalue weighted by Crippen LogP contribution is 2.23. The maximum absolute atomic E-state index is 13.0. The third kappa shape index (κ3) is 3.95.